The summed E-state index contributed by atoms with van der Waals surface area (Å²) in [6, 6.07) is 18.5. The number of carbonyl (C=O) groups is 1. The standard InChI is InChI=1S/C28H22F2N4O2S/c1-2-37-21-9-5-17(6-10-21)13-24(35)32-20-14-22(29)25(23(30)15-20)28(11-12-28)27-33-26(36-34-27)19-7-3-18(16-31)4-8-19/h3-10,14-15H,2,11-13H2,1H3,(H,32,35). The van der Waals surface area contributed by atoms with Crippen LogP contribution in [-0.2, 0) is 16.6 Å². The third kappa shape index (κ3) is 5.11. The van der Waals surface area contributed by atoms with E-state index in [1.54, 1.807) is 36.0 Å². The second-order valence-electron chi connectivity index (χ2n) is 8.81. The number of nitrogens with one attached hydrogen (secondary N) is 1. The van der Waals surface area contributed by atoms with Crippen molar-refractivity contribution in [1.29, 1.82) is 5.26 Å². The average Bonchev–Trinajstić information content (AvgIpc) is 3.51. The molecular formula is C28H22F2N4O2S. The molecule has 1 N–H and O–H groups in total. The molecule has 1 aromatic heterocycles. The predicted molar refractivity (Wildman–Crippen MR) is 136 cm³/mol. The number of anilines is 1. The van der Waals surface area contributed by atoms with E-state index in [1.807, 2.05) is 30.3 Å². The number of benzene rings is 3. The Morgan fingerprint density at radius 2 is 1.78 bits per heavy atom. The highest BCUT2D eigenvalue weighted by Gasteiger charge is 2.53. The minimum atomic E-state index is -1.02. The largest absolute Gasteiger partial charge is 0.334 e. The quantitative estimate of drug-likeness (QED) is 0.278. The van der Waals surface area contributed by atoms with Gasteiger partial charge in [0.2, 0.25) is 5.91 Å². The maximum atomic E-state index is 15.2. The summed E-state index contributed by atoms with van der Waals surface area (Å²) >= 11 is 1.71. The molecule has 0 atom stereocenters. The van der Waals surface area contributed by atoms with Crippen LogP contribution < -0.4 is 5.32 Å². The first kappa shape index (κ1) is 24.7. The molecule has 4 aromatic rings. The Bertz CT molecular complexity index is 1470. The van der Waals surface area contributed by atoms with Crippen molar-refractivity contribution in [2.45, 2.75) is 36.5 Å². The lowest BCUT2D eigenvalue weighted by atomic mass is 9.93. The molecule has 0 bridgehead atoms. The van der Waals surface area contributed by atoms with Crippen LogP contribution in [0, 0.1) is 23.0 Å². The van der Waals surface area contributed by atoms with Gasteiger partial charge < -0.3 is 9.84 Å². The van der Waals surface area contributed by atoms with Crippen molar-refractivity contribution in [3.63, 3.8) is 0 Å². The first-order chi connectivity index (χ1) is 17.9. The summed E-state index contributed by atoms with van der Waals surface area (Å²) in [7, 11) is 0. The molecule has 0 aliphatic heterocycles. The molecule has 9 heteroatoms. The molecule has 6 nitrogen and oxygen atoms in total. The van der Waals surface area contributed by atoms with Crippen LogP contribution in [0.4, 0.5) is 14.5 Å². The predicted octanol–water partition coefficient (Wildman–Crippen LogP) is 6.26. The highest BCUT2D eigenvalue weighted by Crippen LogP contribution is 2.54. The summed E-state index contributed by atoms with van der Waals surface area (Å²) in [5.41, 5.74) is 0.783. The molecule has 186 valence electrons. The summed E-state index contributed by atoms with van der Waals surface area (Å²) in [6.45, 7) is 2.07. The van der Waals surface area contributed by atoms with E-state index in [-0.39, 0.29) is 35.3 Å². The second-order valence-corrected chi connectivity index (χ2v) is 10.1. The number of nitrogens with zero attached hydrogens (tertiary/aromatic N) is 3. The molecule has 1 fully saturated rings. The molecule has 0 saturated heterocycles. The summed E-state index contributed by atoms with van der Waals surface area (Å²) in [5, 5.41) is 15.6. The first-order valence-corrected chi connectivity index (χ1v) is 12.8. The third-order valence-corrected chi connectivity index (χ3v) is 7.16. The van der Waals surface area contributed by atoms with Gasteiger partial charge in [0.1, 0.15) is 11.6 Å². The van der Waals surface area contributed by atoms with Gasteiger partial charge in [-0.25, -0.2) is 8.78 Å². The molecule has 1 heterocycles. The summed E-state index contributed by atoms with van der Waals surface area (Å²) in [4.78, 5) is 18.0. The highest BCUT2D eigenvalue weighted by atomic mass is 32.2. The number of hydrogen-bond donors (Lipinski definition) is 1. The van der Waals surface area contributed by atoms with E-state index >= 15 is 8.78 Å². The molecular weight excluding hydrogens is 494 g/mol. The van der Waals surface area contributed by atoms with Crippen LogP contribution in [0.25, 0.3) is 11.5 Å². The van der Waals surface area contributed by atoms with Gasteiger partial charge in [0, 0.05) is 21.7 Å². The maximum Gasteiger partial charge on any atom is 0.257 e. The monoisotopic (exact) mass is 516 g/mol. The van der Waals surface area contributed by atoms with Crippen molar-refractivity contribution < 1.29 is 18.1 Å². The summed E-state index contributed by atoms with van der Waals surface area (Å²) in [6.07, 6.45) is 1.02. The van der Waals surface area contributed by atoms with Crippen molar-refractivity contribution in [2.24, 2.45) is 0 Å². The number of thioether (sulfide) groups is 1. The van der Waals surface area contributed by atoms with Crippen LogP contribution in [0.5, 0.6) is 0 Å². The van der Waals surface area contributed by atoms with Crippen LogP contribution in [0.3, 0.4) is 0 Å². The number of aromatic nitrogens is 2. The van der Waals surface area contributed by atoms with Crippen molar-refractivity contribution >= 4 is 23.4 Å². The van der Waals surface area contributed by atoms with E-state index in [0.29, 0.717) is 24.0 Å². The van der Waals surface area contributed by atoms with Crippen LogP contribution in [-0.4, -0.2) is 21.8 Å². The van der Waals surface area contributed by atoms with Gasteiger partial charge in [0.05, 0.1) is 23.5 Å². The Morgan fingerprint density at radius 1 is 1.11 bits per heavy atom. The Kier molecular flexibility index (Phi) is 6.76. The van der Waals surface area contributed by atoms with E-state index in [9.17, 15) is 4.79 Å². The third-order valence-electron chi connectivity index (χ3n) is 6.27. The van der Waals surface area contributed by atoms with Gasteiger partial charge >= 0.3 is 0 Å². The highest BCUT2D eigenvalue weighted by molar-refractivity contribution is 7.99. The van der Waals surface area contributed by atoms with Gasteiger partial charge in [-0.05, 0) is 72.7 Å². The number of rotatable bonds is 8. The topological polar surface area (TPSA) is 91.8 Å². The minimum absolute atomic E-state index is 0.0455. The Balaban J connectivity index is 1.32. The lowest BCUT2D eigenvalue weighted by Crippen LogP contribution is -2.18. The van der Waals surface area contributed by atoms with E-state index < -0.39 is 17.0 Å². The summed E-state index contributed by atoms with van der Waals surface area (Å²) < 4.78 is 35.8. The smallest absolute Gasteiger partial charge is 0.257 e. The van der Waals surface area contributed by atoms with Crippen molar-refractivity contribution in [2.75, 3.05) is 11.1 Å². The van der Waals surface area contributed by atoms with Crippen LogP contribution in [0.15, 0.2) is 70.1 Å². The van der Waals surface area contributed by atoms with Gasteiger partial charge in [-0.3, -0.25) is 4.79 Å². The molecule has 0 unspecified atom stereocenters. The summed E-state index contributed by atoms with van der Waals surface area (Å²) in [5.74, 6) is -0.562. The van der Waals surface area contributed by atoms with Gasteiger partial charge in [0.25, 0.3) is 5.89 Å². The zero-order valence-corrected chi connectivity index (χ0v) is 20.7. The molecule has 1 saturated carbocycles. The first-order valence-electron chi connectivity index (χ1n) is 11.8. The van der Waals surface area contributed by atoms with Gasteiger partial charge in [-0.2, -0.15) is 10.2 Å². The van der Waals surface area contributed by atoms with Gasteiger partial charge in [0.15, 0.2) is 5.82 Å². The van der Waals surface area contributed by atoms with Crippen molar-refractivity contribution in [3.8, 4) is 17.5 Å². The Morgan fingerprint density at radius 3 is 2.38 bits per heavy atom. The van der Waals surface area contributed by atoms with E-state index in [2.05, 4.69) is 22.4 Å². The average molecular weight is 517 g/mol. The molecule has 1 amide bonds. The van der Waals surface area contributed by atoms with Gasteiger partial charge in [-0.15, -0.1) is 11.8 Å². The maximum absolute atomic E-state index is 15.2. The number of amides is 1. The van der Waals surface area contributed by atoms with Gasteiger partial charge in [-0.1, -0.05) is 24.2 Å². The van der Waals surface area contributed by atoms with Crippen LogP contribution in [0.2, 0.25) is 0 Å². The van der Waals surface area contributed by atoms with E-state index in [1.165, 1.54) is 0 Å². The molecule has 0 spiro atoms. The van der Waals surface area contributed by atoms with E-state index in [4.69, 9.17) is 9.78 Å². The number of hydrogen-bond acceptors (Lipinski definition) is 6. The Labute approximate surface area is 216 Å². The number of nitriles is 1. The minimum Gasteiger partial charge on any atom is -0.334 e. The lowest BCUT2D eigenvalue weighted by molar-refractivity contribution is -0.115. The zero-order chi connectivity index (χ0) is 26.0. The van der Waals surface area contributed by atoms with Crippen LogP contribution >= 0.6 is 11.8 Å². The molecule has 37 heavy (non-hydrogen) atoms. The van der Waals surface area contributed by atoms with E-state index in [0.717, 1.165) is 28.3 Å². The fourth-order valence-electron chi connectivity index (χ4n) is 4.30. The SMILES string of the molecule is CCSc1ccc(CC(=O)Nc2cc(F)c(C3(c4noc(-c5ccc(C#N)cc5)n4)CC3)c(F)c2)cc1. The number of halogens is 2. The number of carbonyl (C=O) groups excluding carboxylic acids is 1. The molecule has 3 aromatic carbocycles. The molecule has 5 rings (SSSR count). The second kappa shape index (κ2) is 10.1. The Hall–Kier alpha value is -4.03. The van der Waals surface area contributed by atoms with Crippen molar-refractivity contribution in [3.05, 3.63) is 94.8 Å². The lowest BCUT2D eigenvalue weighted by Gasteiger charge is -2.15. The normalized spacial score (nSPS) is 13.7. The molecule has 1 aliphatic carbocycles. The fourth-order valence-corrected chi connectivity index (χ4v) is 4.96. The molecule has 1 aliphatic rings. The van der Waals surface area contributed by atoms with Crippen LogP contribution in [0.1, 0.15) is 42.3 Å². The molecule has 0 radical (unpaired) electrons. The van der Waals surface area contributed by atoms with Crippen molar-refractivity contribution in [1.82, 2.24) is 10.1 Å². The fraction of sp³-hybridized carbons (Fsp3) is 0.214. The zero-order valence-electron chi connectivity index (χ0n) is 19.9.